The van der Waals surface area contributed by atoms with Gasteiger partial charge in [-0.05, 0) is 7.05 Å². The van der Waals surface area contributed by atoms with Crippen molar-refractivity contribution in [2.45, 2.75) is 7.43 Å². The Morgan fingerprint density at radius 2 is 1.50 bits per heavy atom. The SMILES string of the molecule is C.CNN(C)C. The third-order valence-corrected chi connectivity index (χ3v) is 0.447. The molecule has 0 aromatic heterocycles. The van der Waals surface area contributed by atoms with E-state index in [9.17, 15) is 0 Å². The molecule has 0 heterocycles. The predicted molar refractivity (Wildman–Crippen MR) is 29.5 cm³/mol. The van der Waals surface area contributed by atoms with E-state index in [4.69, 9.17) is 0 Å². The molecule has 2 nitrogen and oxygen atoms in total. The molecule has 0 spiro atoms. The summed E-state index contributed by atoms with van der Waals surface area (Å²) in [5.74, 6) is 0. The van der Waals surface area contributed by atoms with Crippen LogP contribution in [0.3, 0.4) is 0 Å². The van der Waals surface area contributed by atoms with E-state index in [0.29, 0.717) is 0 Å². The zero-order chi connectivity index (χ0) is 4.28. The van der Waals surface area contributed by atoms with Gasteiger partial charge in [-0.1, -0.05) is 7.43 Å². The Kier molecular flexibility index (Phi) is 7.65. The van der Waals surface area contributed by atoms with Gasteiger partial charge in [0.25, 0.3) is 0 Å². The van der Waals surface area contributed by atoms with Crippen LogP contribution in [0.2, 0.25) is 0 Å². The van der Waals surface area contributed by atoms with Crippen LogP contribution in [0, 0.1) is 0 Å². The fourth-order valence-electron chi connectivity index (χ4n) is 0. The Bertz CT molecular complexity index is 19.5. The molecule has 1 N–H and O–H groups in total. The van der Waals surface area contributed by atoms with E-state index in [1.807, 2.05) is 26.2 Å². The average molecular weight is 90.2 g/mol. The van der Waals surface area contributed by atoms with E-state index in [1.165, 1.54) is 0 Å². The van der Waals surface area contributed by atoms with Gasteiger partial charge in [-0.25, -0.2) is 0 Å². The molecule has 6 heavy (non-hydrogen) atoms. The molecule has 0 saturated heterocycles. The second kappa shape index (κ2) is 4.92. The van der Waals surface area contributed by atoms with Crippen LogP contribution in [-0.2, 0) is 0 Å². The van der Waals surface area contributed by atoms with Gasteiger partial charge in [-0.15, -0.1) is 0 Å². The van der Waals surface area contributed by atoms with E-state index in [2.05, 4.69) is 5.43 Å². The smallest absolute Gasteiger partial charge is 0.00128 e. The first-order valence-electron chi connectivity index (χ1n) is 1.62. The van der Waals surface area contributed by atoms with Crippen molar-refractivity contribution in [3.63, 3.8) is 0 Å². The maximum atomic E-state index is 2.86. The highest BCUT2D eigenvalue weighted by molar-refractivity contribution is 4.12. The fraction of sp³-hybridized carbons (Fsp3) is 1.00. The summed E-state index contributed by atoms with van der Waals surface area (Å²) in [7, 11) is 5.76. The van der Waals surface area contributed by atoms with Crippen LogP contribution >= 0.6 is 0 Å². The van der Waals surface area contributed by atoms with Gasteiger partial charge in [0.15, 0.2) is 0 Å². The second-order valence-electron chi connectivity index (χ2n) is 1.12. The summed E-state index contributed by atoms with van der Waals surface area (Å²) >= 11 is 0. The molecule has 0 fully saturated rings. The van der Waals surface area contributed by atoms with Crippen molar-refractivity contribution >= 4 is 0 Å². The number of hydrogen-bond acceptors (Lipinski definition) is 2. The van der Waals surface area contributed by atoms with Crippen LogP contribution in [0.5, 0.6) is 0 Å². The maximum Gasteiger partial charge on any atom is 0.00128 e. The molecule has 0 aliphatic heterocycles. The van der Waals surface area contributed by atoms with Gasteiger partial charge in [0.1, 0.15) is 0 Å². The molecular weight excluding hydrogens is 76.1 g/mol. The predicted octanol–water partition coefficient (Wildman–Crippen LogP) is 0.319. The molecule has 0 atom stereocenters. The van der Waals surface area contributed by atoms with Crippen molar-refractivity contribution in [3.8, 4) is 0 Å². The Hall–Kier alpha value is -0.0800. The summed E-state index contributed by atoms with van der Waals surface area (Å²) in [6, 6.07) is 0. The van der Waals surface area contributed by atoms with E-state index in [0.717, 1.165) is 0 Å². The van der Waals surface area contributed by atoms with Gasteiger partial charge in [0.05, 0.1) is 0 Å². The molecule has 0 aromatic carbocycles. The normalized spacial score (nSPS) is 8.00. The number of hydrogen-bond donors (Lipinski definition) is 1. The summed E-state index contributed by atoms with van der Waals surface area (Å²) in [6.45, 7) is 0. The molecule has 0 saturated carbocycles. The standard InChI is InChI=1S/C3H10N2.CH4/c1-4-5(2)3;/h4H,1-3H3;1H4. The van der Waals surface area contributed by atoms with E-state index >= 15 is 0 Å². The lowest BCUT2D eigenvalue weighted by atomic mass is 11.1. The number of nitrogens with zero attached hydrogens (tertiary/aromatic N) is 1. The lowest BCUT2D eigenvalue weighted by Crippen LogP contribution is -2.25. The van der Waals surface area contributed by atoms with Gasteiger partial charge in [0.2, 0.25) is 0 Å². The summed E-state index contributed by atoms with van der Waals surface area (Å²) in [6.07, 6.45) is 0. The third kappa shape index (κ3) is 9.07. The van der Waals surface area contributed by atoms with Crippen LogP contribution in [0.25, 0.3) is 0 Å². The van der Waals surface area contributed by atoms with Crippen molar-refractivity contribution in [1.82, 2.24) is 10.4 Å². The van der Waals surface area contributed by atoms with Gasteiger partial charge < -0.3 is 0 Å². The molecule has 0 unspecified atom stereocenters. The highest BCUT2D eigenvalue weighted by Gasteiger charge is 1.68. The molecule has 0 aliphatic rings. The number of hydrazine groups is 1. The van der Waals surface area contributed by atoms with Crippen molar-refractivity contribution in [3.05, 3.63) is 0 Å². The largest absolute Gasteiger partial charge is 0.259 e. The van der Waals surface area contributed by atoms with Gasteiger partial charge in [-0.2, -0.15) is 0 Å². The topological polar surface area (TPSA) is 15.3 Å². The average Bonchev–Trinajstić information content (AvgIpc) is 1.38. The molecule has 0 aliphatic carbocycles. The first kappa shape index (κ1) is 9.33. The second-order valence-corrected chi connectivity index (χ2v) is 1.12. The first-order chi connectivity index (χ1) is 2.27. The van der Waals surface area contributed by atoms with E-state index < -0.39 is 0 Å². The Morgan fingerprint density at radius 3 is 1.50 bits per heavy atom. The van der Waals surface area contributed by atoms with Crippen molar-refractivity contribution in [2.24, 2.45) is 0 Å². The van der Waals surface area contributed by atoms with Crippen LogP contribution in [0.1, 0.15) is 7.43 Å². The van der Waals surface area contributed by atoms with Gasteiger partial charge in [0, 0.05) is 14.1 Å². The van der Waals surface area contributed by atoms with Crippen molar-refractivity contribution in [2.75, 3.05) is 21.1 Å². The lowest BCUT2D eigenvalue weighted by molar-refractivity contribution is 0.323. The zero-order valence-corrected chi connectivity index (χ0v) is 3.95. The monoisotopic (exact) mass is 90.1 g/mol. The quantitative estimate of drug-likeness (QED) is 0.466. The molecular formula is C4H14N2. The fourth-order valence-corrected chi connectivity index (χ4v) is 0. The van der Waals surface area contributed by atoms with E-state index in [-0.39, 0.29) is 7.43 Å². The van der Waals surface area contributed by atoms with E-state index in [1.54, 1.807) is 0 Å². The molecule has 40 valence electrons. The van der Waals surface area contributed by atoms with Crippen LogP contribution in [0.15, 0.2) is 0 Å². The van der Waals surface area contributed by atoms with Crippen molar-refractivity contribution < 1.29 is 0 Å². The van der Waals surface area contributed by atoms with Crippen LogP contribution in [0.4, 0.5) is 0 Å². The molecule has 0 aromatic rings. The molecule has 0 bridgehead atoms. The number of nitrogens with one attached hydrogen (secondary N) is 1. The molecule has 0 radical (unpaired) electrons. The molecule has 0 rings (SSSR count). The highest BCUT2D eigenvalue weighted by atomic mass is 15.5. The Morgan fingerprint density at radius 1 is 1.33 bits per heavy atom. The lowest BCUT2D eigenvalue weighted by Gasteiger charge is -2.02. The highest BCUT2D eigenvalue weighted by Crippen LogP contribution is 1.49. The van der Waals surface area contributed by atoms with Crippen molar-refractivity contribution in [1.29, 1.82) is 0 Å². The molecule has 2 heteroatoms. The number of rotatable bonds is 1. The zero-order valence-electron chi connectivity index (χ0n) is 3.95. The van der Waals surface area contributed by atoms with Crippen LogP contribution < -0.4 is 5.43 Å². The minimum atomic E-state index is 0. The summed E-state index contributed by atoms with van der Waals surface area (Å²) in [5, 5.41) is 1.88. The minimum absolute atomic E-state index is 0. The summed E-state index contributed by atoms with van der Waals surface area (Å²) in [5.41, 5.74) is 2.86. The summed E-state index contributed by atoms with van der Waals surface area (Å²) in [4.78, 5) is 0. The third-order valence-electron chi connectivity index (χ3n) is 0.447. The maximum absolute atomic E-state index is 2.86. The Labute approximate surface area is 40.1 Å². The Balaban J connectivity index is 0. The van der Waals surface area contributed by atoms with Crippen LogP contribution in [-0.4, -0.2) is 26.2 Å². The summed E-state index contributed by atoms with van der Waals surface area (Å²) < 4.78 is 0. The van der Waals surface area contributed by atoms with Gasteiger partial charge in [-0.3, -0.25) is 10.4 Å². The first-order valence-corrected chi connectivity index (χ1v) is 1.62. The molecule has 0 amide bonds. The van der Waals surface area contributed by atoms with Gasteiger partial charge >= 0.3 is 0 Å². The minimum Gasteiger partial charge on any atom is -0.259 e.